The molecule has 3 rings (SSSR count). The molecule has 1 aliphatic carbocycles. The van der Waals surface area contributed by atoms with Crippen LogP contribution in [0.4, 0.5) is 17.6 Å². The molecule has 1 aromatic rings. The lowest BCUT2D eigenvalue weighted by Crippen LogP contribution is -2.50. The number of amides is 1. The van der Waals surface area contributed by atoms with E-state index in [2.05, 4.69) is 10.5 Å². The first-order valence-corrected chi connectivity index (χ1v) is 8.20. The average molecular weight is 358 g/mol. The molecule has 0 spiro atoms. The Morgan fingerprint density at radius 2 is 2.00 bits per heavy atom. The zero-order valence-electron chi connectivity index (χ0n) is 13.4. The molecule has 3 atom stereocenters. The van der Waals surface area contributed by atoms with Crippen LogP contribution in [-0.2, 0) is 9.63 Å². The minimum atomic E-state index is -4.34. The molecule has 8 heteroatoms. The Kier molecular flexibility index (Phi) is 4.96. The van der Waals surface area contributed by atoms with Gasteiger partial charge in [-0.1, -0.05) is 30.1 Å². The highest BCUT2D eigenvalue weighted by Gasteiger charge is 2.46. The summed E-state index contributed by atoms with van der Waals surface area (Å²) in [7, 11) is 0. The molecule has 3 unspecified atom stereocenters. The van der Waals surface area contributed by atoms with E-state index in [0.29, 0.717) is 30.5 Å². The topological polar surface area (TPSA) is 50.7 Å². The molecular formula is C17H18F4N2O2. The summed E-state index contributed by atoms with van der Waals surface area (Å²) >= 11 is 0. The fourth-order valence-electron chi connectivity index (χ4n) is 3.33. The Labute approximate surface area is 142 Å². The molecule has 1 fully saturated rings. The SMILES string of the molecule is O=C(NC1CCCCC1C(F)(F)F)C1CC(c2cccc(F)c2)=NO1. The molecule has 1 aromatic carbocycles. The van der Waals surface area contributed by atoms with Crippen LogP contribution in [0.25, 0.3) is 0 Å². The van der Waals surface area contributed by atoms with Crippen molar-refractivity contribution in [2.45, 2.75) is 50.4 Å². The van der Waals surface area contributed by atoms with Crippen LogP contribution in [0.2, 0.25) is 0 Å². The molecule has 0 aromatic heterocycles. The Hall–Kier alpha value is -2.12. The van der Waals surface area contributed by atoms with Crippen molar-refractivity contribution in [1.29, 1.82) is 0 Å². The maximum Gasteiger partial charge on any atom is 0.393 e. The predicted octanol–water partition coefficient (Wildman–Crippen LogP) is 3.56. The van der Waals surface area contributed by atoms with Crippen LogP contribution in [-0.4, -0.2) is 29.9 Å². The molecule has 0 saturated heterocycles. The number of alkyl halides is 3. The zero-order valence-corrected chi connectivity index (χ0v) is 13.4. The van der Waals surface area contributed by atoms with Gasteiger partial charge in [0.25, 0.3) is 5.91 Å². The molecule has 0 radical (unpaired) electrons. The second kappa shape index (κ2) is 7.01. The van der Waals surface area contributed by atoms with E-state index in [1.54, 1.807) is 6.07 Å². The minimum Gasteiger partial charge on any atom is -0.382 e. The summed E-state index contributed by atoms with van der Waals surface area (Å²) in [6, 6.07) is 4.75. The molecule has 25 heavy (non-hydrogen) atoms. The number of carbonyl (C=O) groups is 1. The normalized spacial score (nSPS) is 26.7. The number of rotatable bonds is 3. The monoisotopic (exact) mass is 358 g/mol. The van der Waals surface area contributed by atoms with E-state index in [0.717, 1.165) is 0 Å². The van der Waals surface area contributed by atoms with E-state index < -0.39 is 36.0 Å². The number of halogens is 4. The highest BCUT2D eigenvalue weighted by molar-refractivity contribution is 6.04. The van der Waals surface area contributed by atoms with Gasteiger partial charge in [0.1, 0.15) is 5.82 Å². The van der Waals surface area contributed by atoms with E-state index >= 15 is 0 Å². The summed E-state index contributed by atoms with van der Waals surface area (Å²) in [6.45, 7) is 0. The first-order valence-electron chi connectivity index (χ1n) is 8.20. The van der Waals surface area contributed by atoms with Gasteiger partial charge < -0.3 is 10.2 Å². The summed E-state index contributed by atoms with van der Waals surface area (Å²) < 4.78 is 52.6. The molecule has 1 saturated carbocycles. The third-order valence-electron chi connectivity index (χ3n) is 4.63. The summed E-state index contributed by atoms with van der Waals surface area (Å²) in [4.78, 5) is 17.3. The van der Waals surface area contributed by atoms with Gasteiger partial charge in [0.05, 0.1) is 11.6 Å². The molecular weight excluding hydrogens is 340 g/mol. The van der Waals surface area contributed by atoms with Crippen molar-refractivity contribution in [3.05, 3.63) is 35.6 Å². The number of hydrogen-bond acceptors (Lipinski definition) is 3. The van der Waals surface area contributed by atoms with Crippen LogP contribution < -0.4 is 5.32 Å². The second-order valence-electron chi connectivity index (χ2n) is 6.39. The highest BCUT2D eigenvalue weighted by Crippen LogP contribution is 2.37. The van der Waals surface area contributed by atoms with Crippen LogP contribution in [0.15, 0.2) is 29.4 Å². The lowest BCUT2D eigenvalue weighted by atomic mass is 9.84. The lowest BCUT2D eigenvalue weighted by molar-refractivity contribution is -0.189. The Morgan fingerprint density at radius 1 is 1.24 bits per heavy atom. The molecule has 4 nitrogen and oxygen atoms in total. The van der Waals surface area contributed by atoms with Crippen molar-refractivity contribution in [2.75, 3.05) is 0 Å². The standard InChI is InChI=1S/C17H18F4N2O2/c18-11-5-3-4-10(8-11)14-9-15(25-23-14)16(24)22-13-7-2-1-6-12(13)17(19,20)21/h3-5,8,12-13,15H,1-2,6-7,9H2,(H,22,24). The summed E-state index contributed by atoms with van der Waals surface area (Å²) in [6.07, 6.45) is -3.77. The van der Waals surface area contributed by atoms with Gasteiger partial charge in [-0.25, -0.2) is 4.39 Å². The van der Waals surface area contributed by atoms with Gasteiger partial charge in [-0.15, -0.1) is 0 Å². The number of hydrogen-bond donors (Lipinski definition) is 1. The fraction of sp³-hybridized carbons (Fsp3) is 0.529. The van der Waals surface area contributed by atoms with Crippen molar-refractivity contribution in [3.8, 4) is 0 Å². The van der Waals surface area contributed by atoms with E-state index in [9.17, 15) is 22.4 Å². The molecule has 1 heterocycles. The van der Waals surface area contributed by atoms with Crippen molar-refractivity contribution in [2.24, 2.45) is 11.1 Å². The average Bonchev–Trinajstić information content (AvgIpc) is 3.04. The van der Waals surface area contributed by atoms with Crippen LogP contribution >= 0.6 is 0 Å². The highest BCUT2D eigenvalue weighted by atomic mass is 19.4. The second-order valence-corrected chi connectivity index (χ2v) is 6.39. The van der Waals surface area contributed by atoms with Gasteiger partial charge in [0.15, 0.2) is 0 Å². The summed E-state index contributed by atoms with van der Waals surface area (Å²) in [5.74, 6) is -2.59. The lowest BCUT2D eigenvalue weighted by Gasteiger charge is -2.33. The van der Waals surface area contributed by atoms with Gasteiger partial charge in [0, 0.05) is 18.0 Å². The quantitative estimate of drug-likeness (QED) is 0.840. The number of nitrogens with one attached hydrogen (secondary N) is 1. The first-order chi connectivity index (χ1) is 11.8. The van der Waals surface area contributed by atoms with Crippen molar-refractivity contribution >= 4 is 11.6 Å². The fourth-order valence-corrected chi connectivity index (χ4v) is 3.33. The number of oxime groups is 1. The Balaban J connectivity index is 1.61. The number of benzene rings is 1. The van der Waals surface area contributed by atoms with Gasteiger partial charge in [-0.3, -0.25) is 4.79 Å². The van der Waals surface area contributed by atoms with Gasteiger partial charge in [0.2, 0.25) is 6.10 Å². The number of nitrogens with zero attached hydrogens (tertiary/aromatic N) is 1. The van der Waals surface area contributed by atoms with Gasteiger partial charge in [-0.2, -0.15) is 13.2 Å². The van der Waals surface area contributed by atoms with E-state index in [1.165, 1.54) is 18.2 Å². The first kappa shape index (κ1) is 17.7. The van der Waals surface area contributed by atoms with Crippen LogP contribution in [0, 0.1) is 11.7 Å². The van der Waals surface area contributed by atoms with Crippen LogP contribution in [0.1, 0.15) is 37.7 Å². The van der Waals surface area contributed by atoms with Crippen molar-refractivity contribution < 1.29 is 27.2 Å². The minimum absolute atomic E-state index is 0.0189. The van der Waals surface area contributed by atoms with Gasteiger partial charge >= 0.3 is 6.18 Å². The van der Waals surface area contributed by atoms with Crippen LogP contribution in [0.3, 0.4) is 0 Å². The molecule has 1 amide bonds. The number of carbonyl (C=O) groups excluding carboxylic acids is 1. The van der Waals surface area contributed by atoms with Gasteiger partial charge in [-0.05, 0) is 25.0 Å². The predicted molar refractivity (Wildman–Crippen MR) is 82.4 cm³/mol. The van der Waals surface area contributed by atoms with Crippen LogP contribution in [0.5, 0.6) is 0 Å². The third-order valence-corrected chi connectivity index (χ3v) is 4.63. The van der Waals surface area contributed by atoms with Crippen molar-refractivity contribution in [1.82, 2.24) is 5.32 Å². The molecule has 0 bridgehead atoms. The van der Waals surface area contributed by atoms with E-state index in [-0.39, 0.29) is 12.8 Å². The van der Waals surface area contributed by atoms with E-state index in [4.69, 9.17) is 4.84 Å². The summed E-state index contributed by atoms with van der Waals surface area (Å²) in [5, 5.41) is 6.25. The maximum atomic E-state index is 13.3. The molecule has 1 N–H and O–H groups in total. The Morgan fingerprint density at radius 3 is 2.72 bits per heavy atom. The Bertz CT molecular complexity index is 675. The third kappa shape index (κ3) is 4.11. The molecule has 1 aliphatic heterocycles. The smallest absolute Gasteiger partial charge is 0.382 e. The largest absolute Gasteiger partial charge is 0.393 e. The summed E-state index contributed by atoms with van der Waals surface area (Å²) in [5.41, 5.74) is 0.886. The van der Waals surface area contributed by atoms with Crippen molar-refractivity contribution in [3.63, 3.8) is 0 Å². The maximum absolute atomic E-state index is 13.3. The molecule has 2 aliphatic rings. The zero-order chi connectivity index (χ0) is 18.0. The van der Waals surface area contributed by atoms with E-state index in [1.807, 2.05) is 0 Å². The molecule has 136 valence electrons.